The Morgan fingerprint density at radius 3 is 2.10 bits per heavy atom. The molecule has 0 bridgehead atoms. The second kappa shape index (κ2) is 6.56. The van der Waals surface area contributed by atoms with Gasteiger partial charge in [0.05, 0.1) is 20.3 Å². The molecule has 0 aliphatic carbocycles. The number of methoxy groups -OCH3 is 2. The standard InChI is InChI=1S/C14H15N3O4/c1-9(18)15-10-4-6-11(7-5-10)21-14-16-12(19-2)8-13(17-14)20-3/h4-8H,1-3H3,(H,15,18). The molecule has 0 saturated heterocycles. The summed E-state index contributed by atoms with van der Waals surface area (Å²) in [5, 5.41) is 2.67. The van der Waals surface area contributed by atoms with E-state index in [1.807, 2.05) is 0 Å². The number of amides is 1. The SMILES string of the molecule is COc1cc(OC)nc(Oc2ccc(NC(C)=O)cc2)n1. The van der Waals surface area contributed by atoms with Gasteiger partial charge in [-0.2, -0.15) is 9.97 Å². The number of hydrogen-bond donors (Lipinski definition) is 1. The summed E-state index contributed by atoms with van der Waals surface area (Å²) in [6.45, 7) is 1.45. The van der Waals surface area contributed by atoms with E-state index in [1.165, 1.54) is 21.1 Å². The van der Waals surface area contributed by atoms with E-state index in [1.54, 1.807) is 30.3 Å². The molecule has 1 amide bonds. The monoisotopic (exact) mass is 289 g/mol. The second-order valence-corrected chi connectivity index (χ2v) is 4.04. The van der Waals surface area contributed by atoms with Crippen molar-refractivity contribution in [3.63, 3.8) is 0 Å². The number of carbonyl (C=O) groups excluding carboxylic acids is 1. The minimum atomic E-state index is -0.135. The molecule has 0 atom stereocenters. The van der Waals surface area contributed by atoms with Crippen molar-refractivity contribution in [1.29, 1.82) is 0 Å². The lowest BCUT2D eigenvalue weighted by molar-refractivity contribution is -0.114. The highest BCUT2D eigenvalue weighted by molar-refractivity contribution is 5.88. The fourth-order valence-electron chi connectivity index (χ4n) is 1.55. The Balaban J connectivity index is 2.15. The molecule has 2 rings (SSSR count). The molecule has 1 aromatic carbocycles. The van der Waals surface area contributed by atoms with Crippen LogP contribution in [0.1, 0.15) is 6.92 Å². The normalized spacial score (nSPS) is 9.86. The van der Waals surface area contributed by atoms with Gasteiger partial charge in [0.25, 0.3) is 0 Å². The number of ether oxygens (including phenoxy) is 3. The van der Waals surface area contributed by atoms with Crippen molar-refractivity contribution < 1.29 is 19.0 Å². The second-order valence-electron chi connectivity index (χ2n) is 4.04. The first-order valence-corrected chi connectivity index (χ1v) is 6.13. The molecule has 1 N–H and O–H groups in total. The first-order valence-electron chi connectivity index (χ1n) is 6.13. The van der Waals surface area contributed by atoms with Gasteiger partial charge in [0, 0.05) is 12.6 Å². The van der Waals surface area contributed by atoms with Crippen molar-refractivity contribution in [3.8, 4) is 23.5 Å². The average Bonchev–Trinajstić information content (AvgIpc) is 2.48. The van der Waals surface area contributed by atoms with Crippen LogP contribution in [-0.2, 0) is 4.79 Å². The molecule has 110 valence electrons. The van der Waals surface area contributed by atoms with Gasteiger partial charge in [0.1, 0.15) is 5.75 Å². The number of hydrogen-bond acceptors (Lipinski definition) is 6. The maximum absolute atomic E-state index is 10.9. The van der Waals surface area contributed by atoms with E-state index in [9.17, 15) is 4.79 Å². The van der Waals surface area contributed by atoms with Crippen molar-refractivity contribution in [1.82, 2.24) is 9.97 Å². The molecule has 7 nitrogen and oxygen atoms in total. The van der Waals surface area contributed by atoms with Gasteiger partial charge in [-0.05, 0) is 24.3 Å². The lowest BCUT2D eigenvalue weighted by atomic mass is 10.3. The topological polar surface area (TPSA) is 82.6 Å². The summed E-state index contributed by atoms with van der Waals surface area (Å²) in [5.41, 5.74) is 0.680. The minimum Gasteiger partial charge on any atom is -0.481 e. The number of nitrogens with one attached hydrogen (secondary N) is 1. The molecule has 0 aliphatic rings. The predicted octanol–water partition coefficient (Wildman–Crippen LogP) is 2.24. The quantitative estimate of drug-likeness (QED) is 0.909. The third-order valence-corrected chi connectivity index (χ3v) is 2.46. The molecule has 1 aromatic heterocycles. The van der Waals surface area contributed by atoms with Crippen molar-refractivity contribution in [2.24, 2.45) is 0 Å². The van der Waals surface area contributed by atoms with Crippen LogP contribution in [0.4, 0.5) is 5.69 Å². The van der Waals surface area contributed by atoms with Crippen LogP contribution in [0, 0.1) is 0 Å². The number of anilines is 1. The Morgan fingerprint density at radius 2 is 1.62 bits per heavy atom. The fourth-order valence-corrected chi connectivity index (χ4v) is 1.55. The van der Waals surface area contributed by atoms with E-state index < -0.39 is 0 Å². The third kappa shape index (κ3) is 4.07. The molecule has 0 fully saturated rings. The Kier molecular flexibility index (Phi) is 4.55. The lowest BCUT2D eigenvalue weighted by Crippen LogP contribution is -2.05. The van der Waals surface area contributed by atoms with Gasteiger partial charge in [0.2, 0.25) is 17.7 Å². The highest BCUT2D eigenvalue weighted by Crippen LogP contribution is 2.24. The molecule has 0 unspecified atom stereocenters. The van der Waals surface area contributed by atoms with Gasteiger partial charge in [-0.1, -0.05) is 0 Å². The summed E-state index contributed by atoms with van der Waals surface area (Å²) >= 11 is 0. The minimum absolute atomic E-state index is 0.110. The summed E-state index contributed by atoms with van der Waals surface area (Å²) in [7, 11) is 2.99. The Bertz CT molecular complexity index is 606. The van der Waals surface area contributed by atoms with Gasteiger partial charge < -0.3 is 19.5 Å². The highest BCUT2D eigenvalue weighted by atomic mass is 16.5. The summed E-state index contributed by atoms with van der Waals surface area (Å²) in [6, 6.07) is 8.48. The number of nitrogens with zero attached hydrogens (tertiary/aromatic N) is 2. The Morgan fingerprint density at radius 1 is 1.05 bits per heavy atom. The molecular formula is C14H15N3O4. The first kappa shape index (κ1) is 14.6. The number of rotatable bonds is 5. The number of carbonyl (C=O) groups is 1. The molecule has 0 spiro atoms. The van der Waals surface area contributed by atoms with Crippen LogP contribution in [0.3, 0.4) is 0 Å². The van der Waals surface area contributed by atoms with Crippen molar-refractivity contribution in [3.05, 3.63) is 30.3 Å². The smallest absolute Gasteiger partial charge is 0.328 e. The molecule has 0 saturated carbocycles. The van der Waals surface area contributed by atoms with E-state index in [0.717, 1.165) is 0 Å². The van der Waals surface area contributed by atoms with E-state index in [0.29, 0.717) is 23.2 Å². The largest absolute Gasteiger partial charge is 0.481 e. The molecule has 21 heavy (non-hydrogen) atoms. The molecule has 1 heterocycles. The highest BCUT2D eigenvalue weighted by Gasteiger charge is 2.07. The summed E-state index contributed by atoms with van der Waals surface area (Å²) in [6.07, 6.45) is 0. The van der Waals surface area contributed by atoms with E-state index >= 15 is 0 Å². The molecule has 0 radical (unpaired) electrons. The number of benzene rings is 1. The van der Waals surface area contributed by atoms with E-state index in [2.05, 4.69) is 15.3 Å². The summed E-state index contributed by atoms with van der Waals surface area (Å²) < 4.78 is 15.6. The van der Waals surface area contributed by atoms with Crippen LogP contribution in [0.15, 0.2) is 30.3 Å². The lowest BCUT2D eigenvalue weighted by Gasteiger charge is -2.08. The number of aromatic nitrogens is 2. The molecule has 7 heteroatoms. The van der Waals surface area contributed by atoms with Gasteiger partial charge >= 0.3 is 6.01 Å². The van der Waals surface area contributed by atoms with Gasteiger partial charge in [-0.15, -0.1) is 0 Å². The zero-order valence-corrected chi connectivity index (χ0v) is 11.9. The van der Waals surface area contributed by atoms with Crippen LogP contribution in [-0.4, -0.2) is 30.1 Å². The van der Waals surface area contributed by atoms with Crippen molar-refractivity contribution >= 4 is 11.6 Å². The van der Waals surface area contributed by atoms with Crippen LogP contribution in [0.5, 0.6) is 23.5 Å². The van der Waals surface area contributed by atoms with E-state index in [-0.39, 0.29) is 11.9 Å². The van der Waals surface area contributed by atoms with Crippen molar-refractivity contribution in [2.45, 2.75) is 6.92 Å². The maximum Gasteiger partial charge on any atom is 0.328 e. The van der Waals surface area contributed by atoms with Gasteiger partial charge in [-0.25, -0.2) is 0 Å². The zero-order valence-electron chi connectivity index (χ0n) is 11.9. The van der Waals surface area contributed by atoms with Gasteiger partial charge in [-0.3, -0.25) is 4.79 Å². The Labute approximate surface area is 121 Å². The fraction of sp³-hybridized carbons (Fsp3) is 0.214. The average molecular weight is 289 g/mol. The molecule has 2 aromatic rings. The zero-order chi connectivity index (χ0) is 15.2. The molecular weight excluding hydrogens is 274 g/mol. The van der Waals surface area contributed by atoms with Crippen LogP contribution >= 0.6 is 0 Å². The predicted molar refractivity (Wildman–Crippen MR) is 76.0 cm³/mol. The first-order chi connectivity index (χ1) is 10.1. The van der Waals surface area contributed by atoms with Crippen molar-refractivity contribution in [2.75, 3.05) is 19.5 Å². The van der Waals surface area contributed by atoms with Gasteiger partial charge in [0.15, 0.2) is 0 Å². The van der Waals surface area contributed by atoms with Crippen LogP contribution in [0.2, 0.25) is 0 Å². The maximum atomic E-state index is 10.9. The third-order valence-electron chi connectivity index (χ3n) is 2.46. The van der Waals surface area contributed by atoms with Crippen LogP contribution < -0.4 is 19.5 Å². The Hall–Kier alpha value is -2.83. The summed E-state index contributed by atoms with van der Waals surface area (Å²) in [5.74, 6) is 1.07. The molecule has 0 aliphatic heterocycles. The van der Waals surface area contributed by atoms with Crippen LogP contribution in [0.25, 0.3) is 0 Å². The summed E-state index contributed by atoms with van der Waals surface area (Å²) in [4.78, 5) is 19.1. The van der Waals surface area contributed by atoms with E-state index in [4.69, 9.17) is 14.2 Å².